The van der Waals surface area contributed by atoms with E-state index >= 15 is 0 Å². The minimum atomic E-state index is -4.73. The summed E-state index contributed by atoms with van der Waals surface area (Å²) in [7, 11) is -1.68. The largest absolute Gasteiger partial charge is 0.416 e. The van der Waals surface area contributed by atoms with Crippen molar-refractivity contribution in [3.8, 4) is 0 Å². The zero-order valence-electron chi connectivity index (χ0n) is 13.3. The molecule has 0 saturated heterocycles. The van der Waals surface area contributed by atoms with E-state index < -0.39 is 38.1 Å². The number of halogens is 3. The standard InChI is InChI=1S/C14H17F3N2O3S/c1-8-11(9(2)18-23(22)13(3,4)5)6-10(19(20)21)7-12(8)14(15,16)17/h6-7H,1-5H3/t23-/m0/s1. The third-order valence-corrected chi connectivity index (χ3v) is 4.53. The maximum atomic E-state index is 13.1. The highest BCUT2D eigenvalue weighted by Crippen LogP contribution is 2.36. The summed E-state index contributed by atoms with van der Waals surface area (Å²) in [4.78, 5) is 9.99. The van der Waals surface area contributed by atoms with Gasteiger partial charge in [0.1, 0.15) is 11.0 Å². The molecule has 0 amide bonds. The van der Waals surface area contributed by atoms with Gasteiger partial charge in [-0.25, -0.2) is 4.21 Å². The van der Waals surface area contributed by atoms with E-state index in [-0.39, 0.29) is 16.8 Å². The molecule has 23 heavy (non-hydrogen) atoms. The second-order valence-corrected chi connectivity index (χ2v) is 7.86. The van der Waals surface area contributed by atoms with Crippen molar-refractivity contribution < 1.29 is 22.3 Å². The van der Waals surface area contributed by atoms with Gasteiger partial charge in [-0.15, -0.1) is 0 Å². The molecule has 9 heteroatoms. The van der Waals surface area contributed by atoms with E-state index in [4.69, 9.17) is 0 Å². The number of rotatable bonds is 3. The number of hydrogen-bond acceptors (Lipinski definition) is 3. The maximum Gasteiger partial charge on any atom is 0.416 e. The first-order valence-electron chi connectivity index (χ1n) is 6.59. The van der Waals surface area contributed by atoms with Crippen LogP contribution in [-0.2, 0) is 17.2 Å². The van der Waals surface area contributed by atoms with Crippen LogP contribution in [0.4, 0.5) is 18.9 Å². The normalized spacial score (nSPS) is 14.7. The zero-order valence-corrected chi connectivity index (χ0v) is 14.1. The van der Waals surface area contributed by atoms with E-state index in [1.807, 2.05) is 0 Å². The first-order chi connectivity index (χ1) is 10.2. The maximum absolute atomic E-state index is 13.1. The average Bonchev–Trinajstić information content (AvgIpc) is 2.35. The number of non-ortho nitro benzene ring substituents is 1. The van der Waals surface area contributed by atoms with Crippen LogP contribution in [0.1, 0.15) is 44.4 Å². The topological polar surface area (TPSA) is 72.6 Å². The molecule has 1 aromatic carbocycles. The monoisotopic (exact) mass is 350 g/mol. The second-order valence-electron chi connectivity index (χ2n) is 5.96. The summed E-state index contributed by atoms with van der Waals surface area (Å²) < 4.78 is 54.4. The van der Waals surface area contributed by atoms with Gasteiger partial charge in [-0.2, -0.15) is 17.6 Å². The van der Waals surface area contributed by atoms with Crippen molar-refractivity contribution in [2.75, 3.05) is 0 Å². The Morgan fingerprint density at radius 3 is 2.17 bits per heavy atom. The summed E-state index contributed by atoms with van der Waals surface area (Å²) in [6, 6.07) is 1.51. The van der Waals surface area contributed by atoms with Crippen LogP contribution in [0.25, 0.3) is 0 Å². The first-order valence-corrected chi connectivity index (χ1v) is 7.69. The van der Waals surface area contributed by atoms with Crippen LogP contribution in [0.5, 0.6) is 0 Å². The van der Waals surface area contributed by atoms with E-state index in [9.17, 15) is 27.5 Å². The molecule has 0 aliphatic heterocycles. The SMILES string of the molecule is CC(=N[S@@](=O)C(C)(C)C)c1cc([N+](=O)[O-])cc(C(F)(F)F)c1C. The van der Waals surface area contributed by atoms with Gasteiger partial charge in [0.15, 0.2) is 0 Å². The predicted molar refractivity (Wildman–Crippen MR) is 82.9 cm³/mol. The molecule has 0 aliphatic carbocycles. The number of nitrogens with zero attached hydrogens (tertiary/aromatic N) is 2. The molecule has 1 rings (SSSR count). The highest BCUT2D eigenvalue weighted by atomic mass is 32.2. The number of nitro benzene ring substituents is 1. The first kappa shape index (κ1) is 19.3. The summed E-state index contributed by atoms with van der Waals surface area (Å²) >= 11 is 0. The van der Waals surface area contributed by atoms with E-state index in [0.29, 0.717) is 6.07 Å². The molecule has 1 aromatic rings. The fourth-order valence-corrected chi connectivity index (χ4v) is 2.41. The lowest BCUT2D eigenvalue weighted by Crippen LogP contribution is -2.21. The van der Waals surface area contributed by atoms with Crippen molar-refractivity contribution in [3.63, 3.8) is 0 Å². The van der Waals surface area contributed by atoms with Crippen LogP contribution in [0.15, 0.2) is 16.5 Å². The van der Waals surface area contributed by atoms with Gasteiger partial charge in [0.2, 0.25) is 0 Å². The fraction of sp³-hybridized carbons (Fsp3) is 0.500. The summed E-state index contributed by atoms with van der Waals surface area (Å²) in [5.74, 6) is 0. The molecule has 0 fully saturated rings. The Balaban J connectivity index is 3.58. The molecule has 0 bridgehead atoms. The predicted octanol–water partition coefficient (Wildman–Crippen LogP) is 4.19. The van der Waals surface area contributed by atoms with Crippen molar-refractivity contribution in [2.45, 2.75) is 45.5 Å². The quantitative estimate of drug-likeness (QED) is 0.466. The molecule has 1 atom stereocenters. The minimum Gasteiger partial charge on any atom is -0.258 e. The van der Waals surface area contributed by atoms with E-state index in [0.717, 1.165) is 6.07 Å². The van der Waals surface area contributed by atoms with Crippen molar-refractivity contribution >= 4 is 22.4 Å². The lowest BCUT2D eigenvalue weighted by Gasteiger charge is -2.16. The van der Waals surface area contributed by atoms with Crippen LogP contribution in [0.2, 0.25) is 0 Å². The Morgan fingerprint density at radius 2 is 1.78 bits per heavy atom. The number of alkyl halides is 3. The van der Waals surface area contributed by atoms with Gasteiger partial charge < -0.3 is 0 Å². The second kappa shape index (κ2) is 6.38. The Hall–Kier alpha value is -1.77. The van der Waals surface area contributed by atoms with Crippen LogP contribution >= 0.6 is 0 Å². The molecule has 0 unspecified atom stereocenters. The van der Waals surface area contributed by atoms with Crippen molar-refractivity contribution in [1.82, 2.24) is 0 Å². The van der Waals surface area contributed by atoms with Gasteiger partial charge in [0.05, 0.1) is 20.9 Å². The van der Waals surface area contributed by atoms with Crippen molar-refractivity contribution in [2.24, 2.45) is 4.40 Å². The molecule has 0 saturated carbocycles. The minimum absolute atomic E-state index is 0.0378. The molecular formula is C14H17F3N2O3S. The molecule has 0 heterocycles. The molecule has 128 valence electrons. The fourth-order valence-electron chi connectivity index (χ4n) is 1.79. The van der Waals surface area contributed by atoms with E-state index in [1.54, 1.807) is 20.8 Å². The van der Waals surface area contributed by atoms with Gasteiger partial charge in [0.25, 0.3) is 5.69 Å². The lowest BCUT2D eigenvalue weighted by molar-refractivity contribution is -0.385. The Bertz CT molecular complexity index is 692. The Labute approximate surface area is 134 Å². The molecule has 0 radical (unpaired) electrons. The van der Waals surface area contributed by atoms with Gasteiger partial charge in [-0.05, 0) is 40.2 Å². The van der Waals surface area contributed by atoms with Crippen LogP contribution in [0, 0.1) is 17.0 Å². The van der Waals surface area contributed by atoms with E-state index in [2.05, 4.69) is 4.40 Å². The smallest absolute Gasteiger partial charge is 0.258 e. The number of benzene rings is 1. The summed E-state index contributed by atoms with van der Waals surface area (Å²) in [6.07, 6.45) is -4.73. The van der Waals surface area contributed by atoms with Crippen LogP contribution in [0.3, 0.4) is 0 Å². The van der Waals surface area contributed by atoms with Gasteiger partial charge >= 0.3 is 6.18 Å². The van der Waals surface area contributed by atoms with Crippen LogP contribution < -0.4 is 0 Å². The highest BCUT2D eigenvalue weighted by Gasteiger charge is 2.35. The summed E-state index contributed by atoms with van der Waals surface area (Å²) in [5.41, 5.74) is -1.95. The third-order valence-electron chi connectivity index (χ3n) is 3.04. The summed E-state index contributed by atoms with van der Waals surface area (Å²) in [5, 5.41) is 10.9. The number of nitro groups is 1. The molecule has 0 aromatic heterocycles. The van der Waals surface area contributed by atoms with Crippen LogP contribution in [-0.4, -0.2) is 19.6 Å². The molecule has 0 spiro atoms. The lowest BCUT2D eigenvalue weighted by atomic mass is 9.98. The molecular weight excluding hydrogens is 333 g/mol. The zero-order chi connectivity index (χ0) is 18.2. The van der Waals surface area contributed by atoms with Gasteiger partial charge in [-0.1, -0.05) is 0 Å². The molecule has 0 aliphatic rings. The third kappa shape index (κ3) is 4.60. The number of hydrogen-bond donors (Lipinski definition) is 0. The molecule has 0 N–H and O–H groups in total. The van der Waals surface area contributed by atoms with Crippen molar-refractivity contribution in [3.05, 3.63) is 38.9 Å². The van der Waals surface area contributed by atoms with Gasteiger partial charge in [0, 0.05) is 17.7 Å². The van der Waals surface area contributed by atoms with E-state index in [1.165, 1.54) is 13.8 Å². The average molecular weight is 350 g/mol. The highest BCUT2D eigenvalue weighted by molar-refractivity contribution is 7.85. The summed E-state index contributed by atoms with van der Waals surface area (Å²) in [6.45, 7) is 7.60. The Kier molecular flexibility index (Phi) is 5.35. The Morgan fingerprint density at radius 1 is 1.26 bits per heavy atom. The van der Waals surface area contributed by atoms with Gasteiger partial charge in [-0.3, -0.25) is 10.1 Å². The molecule has 5 nitrogen and oxygen atoms in total. The van der Waals surface area contributed by atoms with Crippen molar-refractivity contribution in [1.29, 1.82) is 0 Å².